The predicted octanol–water partition coefficient (Wildman–Crippen LogP) is 4.72. The van der Waals surface area contributed by atoms with Gasteiger partial charge in [0.2, 0.25) is 5.91 Å². The Hall–Kier alpha value is -2.67. The second-order valence-electron chi connectivity index (χ2n) is 7.17. The van der Waals surface area contributed by atoms with E-state index in [0.29, 0.717) is 0 Å². The second kappa shape index (κ2) is 8.78. The first kappa shape index (κ1) is 19.6. The van der Waals surface area contributed by atoms with Crippen LogP contribution in [0, 0.1) is 5.82 Å². The summed E-state index contributed by atoms with van der Waals surface area (Å²) in [6, 6.07) is 12.6. The van der Waals surface area contributed by atoms with Gasteiger partial charge in [0.15, 0.2) is 0 Å². The lowest BCUT2D eigenvalue weighted by molar-refractivity contribution is -0.119. The molecule has 29 heavy (non-hydrogen) atoms. The maximum absolute atomic E-state index is 13.8. The minimum atomic E-state index is -0.427. The molecule has 0 bridgehead atoms. The summed E-state index contributed by atoms with van der Waals surface area (Å²) in [5.41, 5.74) is 4.19. The largest absolute Gasteiger partial charge is 0.411 e. The van der Waals surface area contributed by atoms with Crippen molar-refractivity contribution in [2.45, 2.75) is 43.9 Å². The smallest absolute Gasteiger partial charge is 0.277 e. The summed E-state index contributed by atoms with van der Waals surface area (Å²) in [6.07, 6.45) is 4.74. The molecule has 0 saturated heterocycles. The molecule has 0 spiro atoms. The zero-order valence-corrected chi connectivity index (χ0v) is 17.0. The number of aromatic nitrogens is 2. The van der Waals surface area contributed by atoms with Crippen molar-refractivity contribution in [2.75, 3.05) is 5.75 Å². The van der Waals surface area contributed by atoms with Crippen molar-refractivity contribution in [2.24, 2.45) is 0 Å². The molecular weight excluding hydrogens is 389 g/mol. The van der Waals surface area contributed by atoms with Crippen LogP contribution in [0.3, 0.4) is 0 Å². The summed E-state index contributed by atoms with van der Waals surface area (Å²) < 4.78 is 19.3. The van der Waals surface area contributed by atoms with Crippen molar-refractivity contribution in [3.05, 3.63) is 65.0 Å². The standard InChI is InChI=1S/C22H22FN3O2S/c1-14(16-11-10-15-6-2-3-7-17(15)12-16)24-20(27)13-29-22-26-25-21(28-22)18-8-4-5-9-19(18)23/h4-5,8-12,14H,2-3,6-7,13H2,1H3,(H,24,27)/t14-/m1/s1. The van der Waals surface area contributed by atoms with Gasteiger partial charge in [0.1, 0.15) is 5.82 Å². The fraction of sp³-hybridized carbons (Fsp3) is 0.318. The summed E-state index contributed by atoms with van der Waals surface area (Å²) in [5.74, 6) is -0.294. The number of aryl methyl sites for hydroxylation is 2. The highest BCUT2D eigenvalue weighted by Crippen LogP contribution is 2.26. The number of nitrogens with one attached hydrogen (secondary N) is 1. The number of hydrogen-bond donors (Lipinski definition) is 1. The normalized spacial score (nSPS) is 14.3. The molecule has 4 rings (SSSR count). The van der Waals surface area contributed by atoms with Crippen LogP contribution in [0.25, 0.3) is 11.5 Å². The molecule has 7 heteroatoms. The average Bonchev–Trinajstić information content (AvgIpc) is 3.21. The molecule has 1 aliphatic rings. The lowest BCUT2D eigenvalue weighted by Crippen LogP contribution is -2.28. The van der Waals surface area contributed by atoms with E-state index < -0.39 is 5.82 Å². The van der Waals surface area contributed by atoms with Crippen molar-refractivity contribution < 1.29 is 13.6 Å². The van der Waals surface area contributed by atoms with Gasteiger partial charge in [-0.05, 0) is 61.4 Å². The molecule has 1 aromatic heterocycles. The number of amides is 1. The Labute approximate surface area is 173 Å². The zero-order chi connectivity index (χ0) is 20.2. The van der Waals surface area contributed by atoms with Gasteiger partial charge >= 0.3 is 0 Å². The number of hydrogen-bond acceptors (Lipinski definition) is 5. The third kappa shape index (κ3) is 4.67. The van der Waals surface area contributed by atoms with Crippen molar-refractivity contribution in [1.29, 1.82) is 0 Å². The van der Waals surface area contributed by atoms with Crippen LogP contribution in [0.5, 0.6) is 0 Å². The maximum Gasteiger partial charge on any atom is 0.277 e. The fourth-order valence-corrected chi connectivity index (χ4v) is 4.10. The molecule has 0 unspecified atom stereocenters. The lowest BCUT2D eigenvalue weighted by atomic mass is 9.89. The molecule has 3 aromatic rings. The van der Waals surface area contributed by atoms with Gasteiger partial charge < -0.3 is 9.73 Å². The van der Waals surface area contributed by atoms with Crippen LogP contribution in [-0.4, -0.2) is 21.9 Å². The Morgan fingerprint density at radius 2 is 1.97 bits per heavy atom. The third-order valence-electron chi connectivity index (χ3n) is 5.09. The number of rotatable bonds is 6. The van der Waals surface area contributed by atoms with Crippen LogP contribution in [0.1, 0.15) is 42.5 Å². The van der Waals surface area contributed by atoms with Crippen LogP contribution >= 0.6 is 11.8 Å². The number of carbonyl (C=O) groups excluding carboxylic acids is 1. The minimum absolute atomic E-state index is 0.0769. The predicted molar refractivity (Wildman–Crippen MR) is 110 cm³/mol. The highest BCUT2D eigenvalue weighted by Gasteiger charge is 2.16. The lowest BCUT2D eigenvalue weighted by Gasteiger charge is -2.20. The molecule has 0 saturated carbocycles. The van der Waals surface area contributed by atoms with E-state index in [4.69, 9.17) is 4.42 Å². The quantitative estimate of drug-likeness (QED) is 0.594. The minimum Gasteiger partial charge on any atom is -0.411 e. The maximum atomic E-state index is 13.8. The van der Waals surface area contributed by atoms with E-state index in [1.807, 2.05) is 6.92 Å². The Morgan fingerprint density at radius 1 is 1.17 bits per heavy atom. The van der Waals surface area contributed by atoms with Gasteiger partial charge in [-0.2, -0.15) is 0 Å². The third-order valence-corrected chi connectivity index (χ3v) is 5.91. The number of thioether (sulfide) groups is 1. The van der Waals surface area contributed by atoms with Crippen molar-refractivity contribution >= 4 is 17.7 Å². The van der Waals surface area contributed by atoms with Crippen molar-refractivity contribution in [3.63, 3.8) is 0 Å². The highest BCUT2D eigenvalue weighted by molar-refractivity contribution is 7.99. The van der Waals surface area contributed by atoms with E-state index >= 15 is 0 Å². The highest BCUT2D eigenvalue weighted by atomic mass is 32.2. The molecule has 0 fully saturated rings. The van der Waals surface area contributed by atoms with Gasteiger partial charge in [-0.3, -0.25) is 4.79 Å². The van der Waals surface area contributed by atoms with Crippen LogP contribution in [0.4, 0.5) is 4.39 Å². The van der Waals surface area contributed by atoms with Gasteiger partial charge in [-0.1, -0.05) is 42.1 Å². The first-order valence-electron chi connectivity index (χ1n) is 9.72. The van der Waals surface area contributed by atoms with Crippen LogP contribution in [0.15, 0.2) is 52.1 Å². The van der Waals surface area contributed by atoms with Crippen LogP contribution in [0.2, 0.25) is 0 Å². The van der Waals surface area contributed by atoms with Gasteiger partial charge in [0.05, 0.1) is 17.4 Å². The molecule has 2 aromatic carbocycles. The van der Waals surface area contributed by atoms with Gasteiger partial charge in [0.25, 0.3) is 11.1 Å². The Morgan fingerprint density at radius 3 is 2.79 bits per heavy atom. The van der Waals surface area contributed by atoms with E-state index in [9.17, 15) is 9.18 Å². The second-order valence-corrected chi connectivity index (χ2v) is 8.09. The van der Waals surface area contributed by atoms with E-state index in [-0.39, 0.29) is 34.4 Å². The average molecular weight is 412 g/mol. The van der Waals surface area contributed by atoms with Crippen LogP contribution in [-0.2, 0) is 17.6 Å². The first-order chi connectivity index (χ1) is 14.1. The Kier molecular flexibility index (Phi) is 5.94. The summed E-state index contributed by atoms with van der Waals surface area (Å²) in [4.78, 5) is 12.3. The van der Waals surface area contributed by atoms with Gasteiger partial charge in [-0.25, -0.2) is 4.39 Å². The SMILES string of the molecule is C[C@@H](NC(=O)CSc1nnc(-c2ccccc2F)o1)c1ccc2c(c1)CCCC2. The molecule has 0 radical (unpaired) electrons. The number of nitrogens with zero attached hydrogens (tertiary/aromatic N) is 2. The van der Waals surface area contributed by atoms with E-state index in [0.717, 1.165) is 30.2 Å². The molecular formula is C22H22FN3O2S. The van der Waals surface area contributed by atoms with E-state index in [1.54, 1.807) is 18.2 Å². The monoisotopic (exact) mass is 411 g/mol. The molecule has 150 valence electrons. The number of halogens is 1. The molecule has 1 atom stereocenters. The Bertz CT molecular complexity index is 1020. The summed E-state index contributed by atoms with van der Waals surface area (Å²) in [7, 11) is 0. The van der Waals surface area contributed by atoms with E-state index in [2.05, 4.69) is 33.7 Å². The molecule has 1 amide bonds. The summed E-state index contributed by atoms with van der Waals surface area (Å²) in [6.45, 7) is 1.98. The summed E-state index contributed by atoms with van der Waals surface area (Å²) in [5, 5.41) is 11.0. The molecule has 1 aliphatic carbocycles. The summed E-state index contributed by atoms with van der Waals surface area (Å²) >= 11 is 1.14. The molecule has 0 aliphatic heterocycles. The number of fused-ring (bicyclic) bond motifs is 1. The van der Waals surface area contributed by atoms with Crippen LogP contribution < -0.4 is 5.32 Å². The topological polar surface area (TPSA) is 68.0 Å². The number of benzene rings is 2. The van der Waals surface area contributed by atoms with E-state index in [1.165, 1.54) is 30.0 Å². The number of carbonyl (C=O) groups is 1. The molecule has 1 heterocycles. The zero-order valence-electron chi connectivity index (χ0n) is 16.2. The molecule has 5 nitrogen and oxygen atoms in total. The first-order valence-corrected chi connectivity index (χ1v) is 10.7. The van der Waals surface area contributed by atoms with Crippen molar-refractivity contribution in [3.8, 4) is 11.5 Å². The molecule has 1 N–H and O–H groups in total. The van der Waals surface area contributed by atoms with Gasteiger partial charge in [-0.15, -0.1) is 10.2 Å². The van der Waals surface area contributed by atoms with Crippen molar-refractivity contribution in [1.82, 2.24) is 15.5 Å². The Balaban J connectivity index is 1.33. The van der Waals surface area contributed by atoms with Gasteiger partial charge in [0, 0.05) is 0 Å². The fourth-order valence-electron chi connectivity index (χ4n) is 3.53.